The Balaban J connectivity index is 2.27. The van der Waals surface area contributed by atoms with Gasteiger partial charge in [0.2, 0.25) is 0 Å². The highest BCUT2D eigenvalue weighted by molar-refractivity contribution is 7.47. The fourth-order valence-electron chi connectivity index (χ4n) is 6.78. The van der Waals surface area contributed by atoms with Gasteiger partial charge < -0.3 is 29.9 Å². The Hall–Kier alpha value is -2.86. The van der Waals surface area contributed by atoms with E-state index in [1.807, 2.05) is 12.2 Å². The van der Waals surface area contributed by atoms with Crippen LogP contribution in [0.1, 0.15) is 194 Å². The summed E-state index contributed by atoms with van der Waals surface area (Å²) < 4.78 is 38.4. The second kappa shape index (κ2) is 40.6. The predicted octanol–water partition coefficient (Wildman–Crippen LogP) is 12.5. The van der Waals surface area contributed by atoms with Crippen LogP contribution in [0.25, 0.3) is 0 Å². The summed E-state index contributed by atoms with van der Waals surface area (Å²) in [4.78, 5) is 46.1. The number of phosphoric ester groups is 1. The molecular formula is C50H86NO11P. The number of esters is 2. The number of aliphatic carboxylic acids is 1. The molecule has 0 radical (unpaired) electrons. The Labute approximate surface area is 381 Å². The summed E-state index contributed by atoms with van der Waals surface area (Å²) in [6.07, 6.45) is 50.5. The fraction of sp³-hybridized carbons (Fsp3) is 0.740. The van der Waals surface area contributed by atoms with Gasteiger partial charge in [-0.15, -0.1) is 0 Å². The van der Waals surface area contributed by atoms with Gasteiger partial charge in [0.15, 0.2) is 6.10 Å². The molecule has 0 amide bonds. The molecular weight excluding hydrogens is 822 g/mol. The van der Waals surface area contributed by atoms with Crippen LogP contribution in [0.15, 0.2) is 60.8 Å². The molecule has 1 aliphatic rings. The number of carboxylic acids is 1. The largest absolute Gasteiger partial charge is 0.480 e. The zero-order chi connectivity index (χ0) is 46.1. The Morgan fingerprint density at radius 3 is 1.52 bits per heavy atom. The van der Waals surface area contributed by atoms with Gasteiger partial charge in [-0.05, 0) is 51.4 Å². The van der Waals surface area contributed by atoms with Crippen LogP contribution in [-0.4, -0.2) is 72.1 Å². The average Bonchev–Trinajstić information content (AvgIpc) is 4.02. The number of epoxide rings is 1. The van der Waals surface area contributed by atoms with E-state index in [2.05, 4.69) is 67.0 Å². The van der Waals surface area contributed by atoms with Crippen LogP contribution < -0.4 is 5.73 Å². The van der Waals surface area contributed by atoms with E-state index >= 15 is 0 Å². The zero-order valence-corrected chi connectivity index (χ0v) is 40.0. The molecule has 13 heteroatoms. The second-order valence-corrected chi connectivity index (χ2v) is 18.1. The molecule has 0 aromatic carbocycles. The van der Waals surface area contributed by atoms with Crippen molar-refractivity contribution in [2.75, 3.05) is 19.8 Å². The van der Waals surface area contributed by atoms with E-state index < -0.39 is 51.1 Å². The van der Waals surface area contributed by atoms with Crippen LogP contribution in [0, 0.1) is 0 Å². The van der Waals surface area contributed by atoms with Crippen LogP contribution in [0.4, 0.5) is 0 Å². The maximum atomic E-state index is 12.6. The number of carbonyl (C=O) groups excluding carboxylic acids is 2. The molecule has 1 fully saturated rings. The monoisotopic (exact) mass is 908 g/mol. The smallest absolute Gasteiger partial charge is 0.472 e. The van der Waals surface area contributed by atoms with Gasteiger partial charge >= 0.3 is 25.7 Å². The van der Waals surface area contributed by atoms with Crippen molar-refractivity contribution in [2.45, 2.75) is 218 Å². The number of rotatable bonds is 44. The summed E-state index contributed by atoms with van der Waals surface area (Å²) in [7, 11) is -4.74. The number of carboxylic acid groups (broad SMARTS) is 1. The summed E-state index contributed by atoms with van der Waals surface area (Å²) in [5, 5.41) is 8.91. The summed E-state index contributed by atoms with van der Waals surface area (Å²) in [6, 6.07) is -1.54. The van der Waals surface area contributed by atoms with E-state index in [0.717, 1.165) is 51.4 Å². The first-order valence-electron chi connectivity index (χ1n) is 24.4. The lowest BCUT2D eigenvalue weighted by atomic mass is 10.0. The summed E-state index contributed by atoms with van der Waals surface area (Å²) in [5.41, 5.74) is 5.34. The second-order valence-electron chi connectivity index (χ2n) is 16.6. The number of allylic oxidation sites excluding steroid dienone is 8. The quantitative estimate of drug-likeness (QED) is 0.0173. The van der Waals surface area contributed by atoms with Crippen molar-refractivity contribution in [3.63, 3.8) is 0 Å². The first kappa shape index (κ1) is 58.2. The third-order valence-corrected chi connectivity index (χ3v) is 11.6. The summed E-state index contributed by atoms with van der Waals surface area (Å²) in [6.45, 7) is 2.63. The number of carbonyl (C=O) groups is 3. The molecule has 362 valence electrons. The van der Waals surface area contributed by atoms with Gasteiger partial charge in [-0.25, -0.2) is 4.57 Å². The molecule has 12 nitrogen and oxygen atoms in total. The molecule has 0 saturated carbocycles. The Kier molecular flexibility index (Phi) is 37.5. The van der Waals surface area contributed by atoms with Gasteiger partial charge in [0.1, 0.15) is 12.6 Å². The molecule has 0 bridgehead atoms. The number of phosphoric acid groups is 1. The van der Waals surface area contributed by atoms with Gasteiger partial charge in [0, 0.05) is 12.8 Å². The summed E-state index contributed by atoms with van der Waals surface area (Å²) >= 11 is 0. The maximum absolute atomic E-state index is 12.6. The topological polar surface area (TPSA) is 184 Å². The molecule has 0 aromatic rings. The molecule has 1 aliphatic heterocycles. The highest BCUT2D eigenvalue weighted by atomic mass is 31.2. The fourth-order valence-corrected chi connectivity index (χ4v) is 7.56. The molecule has 0 aromatic heterocycles. The molecule has 3 unspecified atom stereocenters. The maximum Gasteiger partial charge on any atom is 0.472 e. The van der Waals surface area contributed by atoms with Gasteiger partial charge in [-0.3, -0.25) is 23.4 Å². The van der Waals surface area contributed by atoms with E-state index in [1.54, 1.807) is 0 Å². The third kappa shape index (κ3) is 38.2. The van der Waals surface area contributed by atoms with Gasteiger partial charge in [0.25, 0.3) is 0 Å². The molecule has 1 saturated heterocycles. The number of hydrogen-bond acceptors (Lipinski definition) is 10. The van der Waals surface area contributed by atoms with Crippen molar-refractivity contribution >= 4 is 25.7 Å². The standard InChI is InChI=1S/C50H86NO11P/c1-3-5-7-8-9-10-11-12-13-14-15-16-17-18-22-25-28-31-35-39-48(52)58-41-44(42-59-63(56,57)60-43-45(51)50(54)55)61-49(53)40-36-32-29-26-23-20-19-21-24-27-30-34-38-47-46(62-47)37-33-6-4-2/h6,20-21,23-24,29-30,32-34,44-47H,3-5,7-19,22,25-28,31,35-43,51H2,1-2H3,(H,54,55)(H,56,57)/b23-20-,24-21-,32-29-,33-6-,34-30-/t44-,45+,46?,47?/m1/s1. The first-order chi connectivity index (χ1) is 30.6. The molecule has 0 aliphatic carbocycles. The van der Waals surface area contributed by atoms with E-state index in [-0.39, 0.29) is 19.4 Å². The average molecular weight is 908 g/mol. The molecule has 4 N–H and O–H groups in total. The minimum Gasteiger partial charge on any atom is -0.480 e. The van der Waals surface area contributed by atoms with Crippen molar-refractivity contribution < 1.29 is 52.2 Å². The molecule has 1 rings (SSSR count). The van der Waals surface area contributed by atoms with Crippen LogP contribution in [0.2, 0.25) is 0 Å². The van der Waals surface area contributed by atoms with Crippen LogP contribution in [-0.2, 0) is 42.2 Å². The predicted molar refractivity (Wildman–Crippen MR) is 253 cm³/mol. The Bertz CT molecular complexity index is 1360. The zero-order valence-electron chi connectivity index (χ0n) is 39.1. The third-order valence-electron chi connectivity index (χ3n) is 10.7. The number of unbranched alkanes of at least 4 members (excludes halogenated alkanes) is 18. The van der Waals surface area contributed by atoms with Gasteiger partial charge in [0.05, 0.1) is 25.4 Å². The molecule has 5 atom stereocenters. The van der Waals surface area contributed by atoms with Crippen molar-refractivity contribution in [1.82, 2.24) is 0 Å². The van der Waals surface area contributed by atoms with E-state index in [1.165, 1.54) is 96.3 Å². The van der Waals surface area contributed by atoms with Crippen LogP contribution in [0.5, 0.6) is 0 Å². The minimum absolute atomic E-state index is 0.0322. The SMILES string of the molecule is CC/C=C\CC1OC1C/C=C\C/C=C\C/C=C\C/C=C\CCC(=O)O[C@H](COC(=O)CCCCCCCCCCCCCCCCCCCCC)COP(=O)(O)OC[C@H](N)C(=O)O. The first-order valence-corrected chi connectivity index (χ1v) is 25.9. The Morgan fingerprint density at radius 1 is 0.587 bits per heavy atom. The number of ether oxygens (including phenoxy) is 3. The van der Waals surface area contributed by atoms with E-state index in [4.69, 9.17) is 29.6 Å². The van der Waals surface area contributed by atoms with Crippen LogP contribution >= 0.6 is 7.82 Å². The highest BCUT2D eigenvalue weighted by Gasteiger charge is 2.36. The number of hydrogen-bond donors (Lipinski definition) is 3. The van der Waals surface area contributed by atoms with Gasteiger partial charge in [-0.1, -0.05) is 190 Å². The van der Waals surface area contributed by atoms with Crippen LogP contribution in [0.3, 0.4) is 0 Å². The lowest BCUT2D eigenvalue weighted by Crippen LogP contribution is -2.34. The molecule has 63 heavy (non-hydrogen) atoms. The molecule has 0 spiro atoms. The van der Waals surface area contributed by atoms with E-state index in [0.29, 0.717) is 31.5 Å². The van der Waals surface area contributed by atoms with Gasteiger partial charge in [-0.2, -0.15) is 0 Å². The van der Waals surface area contributed by atoms with Crippen molar-refractivity contribution in [3.8, 4) is 0 Å². The highest BCUT2D eigenvalue weighted by Crippen LogP contribution is 2.43. The molecule has 1 heterocycles. The lowest BCUT2D eigenvalue weighted by molar-refractivity contribution is -0.161. The van der Waals surface area contributed by atoms with E-state index in [9.17, 15) is 23.8 Å². The van der Waals surface area contributed by atoms with Crippen molar-refractivity contribution in [3.05, 3.63) is 60.8 Å². The van der Waals surface area contributed by atoms with Crippen molar-refractivity contribution in [1.29, 1.82) is 0 Å². The summed E-state index contributed by atoms with van der Waals surface area (Å²) in [5.74, 6) is -2.49. The normalized spacial score (nSPS) is 17.3. The van der Waals surface area contributed by atoms with Crippen molar-refractivity contribution in [2.24, 2.45) is 5.73 Å². The number of nitrogens with two attached hydrogens (primary N) is 1. The lowest BCUT2D eigenvalue weighted by Gasteiger charge is -2.20. The minimum atomic E-state index is -4.74. The Morgan fingerprint density at radius 2 is 1.03 bits per heavy atom.